The van der Waals surface area contributed by atoms with E-state index in [1.54, 1.807) is 6.92 Å². The highest BCUT2D eigenvalue weighted by Gasteiger charge is 2.43. The molecule has 18 heavy (non-hydrogen) atoms. The molecule has 0 N–H and O–H groups in total. The van der Waals surface area contributed by atoms with Gasteiger partial charge in [-0.15, -0.1) is 0 Å². The second kappa shape index (κ2) is 6.52. The summed E-state index contributed by atoms with van der Waals surface area (Å²) in [7, 11) is 0. The molecule has 1 heterocycles. The Morgan fingerprint density at radius 2 is 1.94 bits per heavy atom. The smallest absolute Gasteiger partial charge is 0.321 e. The van der Waals surface area contributed by atoms with E-state index in [0.29, 0.717) is 31.2 Å². The zero-order valence-corrected chi connectivity index (χ0v) is 11.7. The minimum absolute atomic E-state index is 0.276. The zero-order valence-electron chi connectivity index (χ0n) is 11.7. The van der Waals surface area contributed by atoms with Crippen LogP contribution in [0.2, 0.25) is 0 Å². The molecule has 0 saturated heterocycles. The highest BCUT2D eigenvalue weighted by molar-refractivity contribution is 5.81. The maximum absolute atomic E-state index is 12.1. The Morgan fingerprint density at radius 1 is 1.28 bits per heavy atom. The van der Waals surface area contributed by atoms with Gasteiger partial charge in [0.15, 0.2) is 5.82 Å². The summed E-state index contributed by atoms with van der Waals surface area (Å²) in [6.07, 6.45) is 2.89. The standard InChI is InChI=1S/C13H22N2O3/c1-5-9-10-14-11(18-15-10)13(6-2,7-3)12(16)17-8-4/h5-9H2,1-4H3. The number of hydrogen-bond acceptors (Lipinski definition) is 5. The number of hydrogen-bond donors (Lipinski definition) is 0. The number of carbonyl (C=O) groups excluding carboxylic acids is 1. The molecule has 0 amide bonds. The SMILES string of the molecule is CCCc1noc(C(CC)(CC)C(=O)OCC)n1. The van der Waals surface area contributed by atoms with Gasteiger partial charge >= 0.3 is 5.97 Å². The molecule has 102 valence electrons. The van der Waals surface area contributed by atoms with Crippen LogP contribution >= 0.6 is 0 Å². The molecule has 0 saturated carbocycles. The fourth-order valence-electron chi connectivity index (χ4n) is 1.97. The van der Waals surface area contributed by atoms with Crippen molar-refractivity contribution in [3.8, 4) is 0 Å². The van der Waals surface area contributed by atoms with Crippen molar-refractivity contribution in [2.75, 3.05) is 6.61 Å². The quantitative estimate of drug-likeness (QED) is 0.700. The van der Waals surface area contributed by atoms with Crippen molar-refractivity contribution in [1.82, 2.24) is 10.1 Å². The first kappa shape index (κ1) is 14.7. The van der Waals surface area contributed by atoms with E-state index in [0.717, 1.165) is 12.8 Å². The lowest BCUT2D eigenvalue weighted by Crippen LogP contribution is -2.36. The van der Waals surface area contributed by atoms with Crippen LogP contribution < -0.4 is 0 Å². The number of nitrogens with zero attached hydrogens (tertiary/aromatic N) is 2. The van der Waals surface area contributed by atoms with E-state index in [2.05, 4.69) is 10.1 Å². The van der Waals surface area contributed by atoms with E-state index in [-0.39, 0.29) is 5.97 Å². The van der Waals surface area contributed by atoms with Crippen molar-refractivity contribution in [3.63, 3.8) is 0 Å². The molecule has 1 rings (SSSR count). The molecule has 0 atom stereocenters. The first-order valence-electron chi connectivity index (χ1n) is 6.64. The number of esters is 1. The van der Waals surface area contributed by atoms with Crippen LogP contribution in [-0.2, 0) is 21.4 Å². The predicted octanol–water partition coefficient (Wildman–Crippen LogP) is 2.64. The molecule has 0 aliphatic heterocycles. The summed E-state index contributed by atoms with van der Waals surface area (Å²) < 4.78 is 10.4. The molecular formula is C13H22N2O3. The Balaban J connectivity index is 3.05. The van der Waals surface area contributed by atoms with Crippen LogP contribution in [0.15, 0.2) is 4.52 Å². The summed E-state index contributed by atoms with van der Waals surface area (Å²) in [6, 6.07) is 0. The van der Waals surface area contributed by atoms with Crippen molar-refractivity contribution in [1.29, 1.82) is 0 Å². The van der Waals surface area contributed by atoms with Crippen LogP contribution in [0.5, 0.6) is 0 Å². The minimum Gasteiger partial charge on any atom is -0.465 e. The monoisotopic (exact) mass is 254 g/mol. The van der Waals surface area contributed by atoms with Crippen molar-refractivity contribution in [3.05, 3.63) is 11.7 Å². The normalized spacial score (nSPS) is 11.6. The topological polar surface area (TPSA) is 65.2 Å². The molecule has 0 fully saturated rings. The summed E-state index contributed by atoms with van der Waals surface area (Å²) in [5.41, 5.74) is -0.797. The Kier molecular flexibility index (Phi) is 5.31. The van der Waals surface area contributed by atoms with E-state index in [9.17, 15) is 4.79 Å². The summed E-state index contributed by atoms with van der Waals surface area (Å²) >= 11 is 0. The summed E-state index contributed by atoms with van der Waals surface area (Å²) in [5.74, 6) is 0.763. The van der Waals surface area contributed by atoms with Crippen LogP contribution in [0.25, 0.3) is 0 Å². The van der Waals surface area contributed by atoms with Gasteiger partial charge in [0.25, 0.3) is 0 Å². The lowest BCUT2D eigenvalue weighted by Gasteiger charge is -2.24. The molecule has 0 unspecified atom stereocenters. The second-order valence-corrected chi connectivity index (χ2v) is 4.28. The van der Waals surface area contributed by atoms with Gasteiger partial charge in [-0.1, -0.05) is 25.9 Å². The Hall–Kier alpha value is -1.39. The summed E-state index contributed by atoms with van der Waals surface area (Å²) in [6.45, 7) is 8.07. The highest BCUT2D eigenvalue weighted by atomic mass is 16.5. The Bertz CT molecular complexity index is 383. The number of aromatic nitrogens is 2. The second-order valence-electron chi connectivity index (χ2n) is 4.28. The lowest BCUT2D eigenvalue weighted by molar-refractivity contribution is -0.151. The first-order chi connectivity index (χ1) is 8.64. The van der Waals surface area contributed by atoms with E-state index < -0.39 is 5.41 Å². The Labute approximate surface area is 108 Å². The van der Waals surface area contributed by atoms with Crippen molar-refractivity contribution in [2.45, 2.75) is 58.8 Å². The van der Waals surface area contributed by atoms with Crippen molar-refractivity contribution >= 4 is 5.97 Å². The molecule has 0 aromatic carbocycles. The number of rotatable bonds is 7. The van der Waals surface area contributed by atoms with Gasteiger partial charge in [-0.25, -0.2) is 0 Å². The Morgan fingerprint density at radius 3 is 2.44 bits per heavy atom. The van der Waals surface area contributed by atoms with E-state index in [1.165, 1.54) is 0 Å². The largest absolute Gasteiger partial charge is 0.465 e. The molecule has 0 aliphatic carbocycles. The van der Waals surface area contributed by atoms with Crippen LogP contribution in [0.1, 0.15) is 58.7 Å². The molecular weight excluding hydrogens is 232 g/mol. The van der Waals surface area contributed by atoms with Gasteiger partial charge in [0, 0.05) is 6.42 Å². The number of carbonyl (C=O) groups is 1. The average Bonchev–Trinajstić information content (AvgIpc) is 2.81. The average molecular weight is 254 g/mol. The van der Waals surface area contributed by atoms with Gasteiger partial charge in [0.2, 0.25) is 5.89 Å². The summed E-state index contributed by atoms with van der Waals surface area (Å²) in [5, 5.41) is 3.92. The fourth-order valence-corrected chi connectivity index (χ4v) is 1.97. The van der Waals surface area contributed by atoms with Crippen LogP contribution in [0.3, 0.4) is 0 Å². The van der Waals surface area contributed by atoms with Gasteiger partial charge in [0.1, 0.15) is 5.41 Å². The molecule has 0 aliphatic rings. The third-order valence-corrected chi connectivity index (χ3v) is 3.22. The summed E-state index contributed by atoms with van der Waals surface area (Å²) in [4.78, 5) is 16.5. The van der Waals surface area contributed by atoms with Crippen molar-refractivity contribution in [2.24, 2.45) is 0 Å². The van der Waals surface area contributed by atoms with Gasteiger partial charge < -0.3 is 9.26 Å². The van der Waals surface area contributed by atoms with E-state index >= 15 is 0 Å². The van der Waals surface area contributed by atoms with Gasteiger partial charge in [0.05, 0.1) is 6.61 Å². The third kappa shape index (κ3) is 2.71. The molecule has 1 aromatic rings. The number of ether oxygens (including phenoxy) is 1. The molecule has 0 spiro atoms. The third-order valence-electron chi connectivity index (χ3n) is 3.22. The molecule has 1 aromatic heterocycles. The predicted molar refractivity (Wildman–Crippen MR) is 67.2 cm³/mol. The van der Waals surface area contributed by atoms with Crippen LogP contribution in [0.4, 0.5) is 0 Å². The van der Waals surface area contributed by atoms with Gasteiger partial charge in [-0.05, 0) is 26.2 Å². The van der Waals surface area contributed by atoms with Gasteiger partial charge in [-0.3, -0.25) is 4.79 Å². The van der Waals surface area contributed by atoms with Crippen LogP contribution in [-0.4, -0.2) is 22.7 Å². The molecule has 5 nitrogen and oxygen atoms in total. The van der Waals surface area contributed by atoms with E-state index in [1.807, 2.05) is 20.8 Å². The molecule has 0 bridgehead atoms. The minimum atomic E-state index is -0.797. The maximum Gasteiger partial charge on any atom is 0.321 e. The first-order valence-corrected chi connectivity index (χ1v) is 6.64. The molecule has 0 radical (unpaired) electrons. The highest BCUT2D eigenvalue weighted by Crippen LogP contribution is 2.32. The fraction of sp³-hybridized carbons (Fsp3) is 0.769. The maximum atomic E-state index is 12.1. The van der Waals surface area contributed by atoms with E-state index in [4.69, 9.17) is 9.26 Å². The van der Waals surface area contributed by atoms with Gasteiger partial charge in [-0.2, -0.15) is 4.98 Å². The lowest BCUT2D eigenvalue weighted by atomic mass is 9.82. The molecule has 5 heteroatoms. The zero-order chi connectivity index (χ0) is 13.6. The number of aryl methyl sites for hydroxylation is 1. The van der Waals surface area contributed by atoms with Crippen LogP contribution in [0, 0.1) is 0 Å². The van der Waals surface area contributed by atoms with Crippen molar-refractivity contribution < 1.29 is 14.1 Å².